The molecule has 1 aromatic carbocycles. The van der Waals surface area contributed by atoms with E-state index in [1.807, 2.05) is 36.1 Å². The number of imidazole rings is 1. The van der Waals surface area contributed by atoms with Crippen LogP contribution in [0.15, 0.2) is 45.3 Å². The van der Waals surface area contributed by atoms with Crippen LogP contribution in [0.3, 0.4) is 0 Å². The average Bonchev–Trinajstić information content (AvgIpc) is 3.20. The fourth-order valence-electron chi connectivity index (χ4n) is 1.84. The number of benzene rings is 1. The molecule has 0 aliphatic carbocycles. The van der Waals surface area contributed by atoms with Crippen LogP contribution in [0, 0.1) is 0 Å². The minimum absolute atomic E-state index is 0.807. The van der Waals surface area contributed by atoms with Crippen molar-refractivity contribution in [2.75, 3.05) is 7.11 Å². The summed E-state index contributed by atoms with van der Waals surface area (Å²) >= 11 is 5.01. The van der Waals surface area contributed by atoms with E-state index in [2.05, 4.69) is 27.3 Å². The highest BCUT2D eigenvalue weighted by Gasteiger charge is 2.08. The highest BCUT2D eigenvalue weighted by molar-refractivity contribution is 8.02. The molecule has 8 heteroatoms. The van der Waals surface area contributed by atoms with E-state index in [1.165, 1.54) is 5.56 Å². The van der Waals surface area contributed by atoms with Gasteiger partial charge < -0.3 is 9.30 Å². The molecule has 120 valence electrons. The van der Waals surface area contributed by atoms with Crippen LogP contribution in [-0.4, -0.2) is 26.9 Å². The van der Waals surface area contributed by atoms with E-state index in [1.54, 1.807) is 42.0 Å². The molecule has 0 saturated carbocycles. The van der Waals surface area contributed by atoms with E-state index < -0.39 is 0 Å². The lowest BCUT2D eigenvalue weighted by atomic mass is 10.2. The highest BCUT2D eigenvalue weighted by Crippen LogP contribution is 2.32. The van der Waals surface area contributed by atoms with Gasteiger partial charge in [0.05, 0.1) is 12.9 Å². The van der Waals surface area contributed by atoms with Crippen molar-refractivity contribution in [1.82, 2.24) is 19.7 Å². The Balaban J connectivity index is 1.51. The molecule has 2 heterocycles. The van der Waals surface area contributed by atoms with Gasteiger partial charge in [0, 0.05) is 25.2 Å². The SMILES string of the molecule is COc1ccc(CSc2nnc(SCc3nccn3C)s2)cc1. The van der Waals surface area contributed by atoms with Crippen molar-refractivity contribution in [3.05, 3.63) is 48.0 Å². The summed E-state index contributed by atoms with van der Waals surface area (Å²) in [4.78, 5) is 4.31. The average molecular weight is 365 g/mol. The Morgan fingerprint density at radius 2 is 1.78 bits per heavy atom. The maximum Gasteiger partial charge on any atom is 0.175 e. The summed E-state index contributed by atoms with van der Waals surface area (Å²) in [5.74, 6) is 3.60. The molecule has 0 aliphatic heterocycles. The lowest BCUT2D eigenvalue weighted by molar-refractivity contribution is 0.414. The number of rotatable bonds is 7. The van der Waals surface area contributed by atoms with Crippen LogP contribution in [0.1, 0.15) is 11.4 Å². The van der Waals surface area contributed by atoms with Crippen molar-refractivity contribution in [3.8, 4) is 5.75 Å². The Labute approximate surface area is 147 Å². The van der Waals surface area contributed by atoms with Crippen LogP contribution in [-0.2, 0) is 18.6 Å². The van der Waals surface area contributed by atoms with E-state index >= 15 is 0 Å². The van der Waals surface area contributed by atoms with Crippen LogP contribution in [0.2, 0.25) is 0 Å². The van der Waals surface area contributed by atoms with Gasteiger partial charge in [0.25, 0.3) is 0 Å². The number of aromatic nitrogens is 4. The number of hydrogen-bond acceptors (Lipinski definition) is 7. The molecule has 0 atom stereocenters. The highest BCUT2D eigenvalue weighted by atomic mass is 32.2. The van der Waals surface area contributed by atoms with E-state index in [0.717, 1.165) is 31.8 Å². The van der Waals surface area contributed by atoms with Crippen molar-refractivity contribution < 1.29 is 4.74 Å². The first-order valence-corrected chi connectivity index (χ1v) is 9.71. The van der Waals surface area contributed by atoms with Crippen molar-refractivity contribution >= 4 is 34.9 Å². The monoisotopic (exact) mass is 364 g/mol. The molecule has 0 saturated heterocycles. The standard InChI is InChI=1S/C15H16N4OS3/c1-19-8-7-16-13(19)10-22-15-18-17-14(23-15)21-9-11-3-5-12(20-2)6-4-11/h3-8H,9-10H2,1-2H3. The van der Waals surface area contributed by atoms with Crippen molar-refractivity contribution in [1.29, 1.82) is 0 Å². The summed E-state index contributed by atoms with van der Waals surface area (Å²) < 4.78 is 9.15. The maximum atomic E-state index is 5.16. The summed E-state index contributed by atoms with van der Waals surface area (Å²) in [6.45, 7) is 0. The number of ether oxygens (including phenoxy) is 1. The first-order chi connectivity index (χ1) is 11.2. The van der Waals surface area contributed by atoms with Gasteiger partial charge in [-0.05, 0) is 17.7 Å². The molecule has 0 spiro atoms. The van der Waals surface area contributed by atoms with Crippen LogP contribution in [0.5, 0.6) is 5.75 Å². The molecule has 0 fully saturated rings. The van der Waals surface area contributed by atoms with E-state index in [4.69, 9.17) is 4.74 Å². The molecule has 23 heavy (non-hydrogen) atoms. The minimum atomic E-state index is 0.807. The quantitative estimate of drug-likeness (QED) is 0.593. The van der Waals surface area contributed by atoms with Gasteiger partial charge in [0.1, 0.15) is 11.6 Å². The van der Waals surface area contributed by atoms with Crippen LogP contribution in [0.25, 0.3) is 0 Å². The second kappa shape index (κ2) is 7.85. The Kier molecular flexibility index (Phi) is 5.58. The molecule has 2 aromatic heterocycles. The molecule has 3 aromatic rings. The summed E-state index contributed by atoms with van der Waals surface area (Å²) in [5, 5.41) is 8.48. The fraction of sp³-hybridized carbons (Fsp3) is 0.267. The predicted molar refractivity (Wildman–Crippen MR) is 95.2 cm³/mol. The smallest absolute Gasteiger partial charge is 0.175 e. The zero-order valence-corrected chi connectivity index (χ0v) is 15.2. The summed E-state index contributed by atoms with van der Waals surface area (Å²) in [5.41, 5.74) is 1.24. The van der Waals surface area contributed by atoms with Gasteiger partial charge in [-0.15, -0.1) is 10.2 Å². The number of methoxy groups -OCH3 is 1. The van der Waals surface area contributed by atoms with Gasteiger partial charge >= 0.3 is 0 Å². The van der Waals surface area contributed by atoms with Crippen molar-refractivity contribution in [2.45, 2.75) is 20.2 Å². The molecule has 5 nitrogen and oxygen atoms in total. The molecule has 0 aliphatic rings. The number of hydrogen-bond donors (Lipinski definition) is 0. The lowest BCUT2D eigenvalue weighted by Gasteiger charge is -2.01. The summed E-state index contributed by atoms with van der Waals surface area (Å²) in [7, 11) is 3.67. The number of nitrogens with zero attached hydrogens (tertiary/aromatic N) is 4. The fourth-order valence-corrected chi connectivity index (χ4v) is 4.82. The molecular weight excluding hydrogens is 348 g/mol. The predicted octanol–water partition coefficient (Wildman–Crippen LogP) is 3.86. The Morgan fingerprint density at radius 1 is 1.09 bits per heavy atom. The second-order valence-corrected chi connectivity index (χ2v) is 8.14. The lowest BCUT2D eigenvalue weighted by Crippen LogP contribution is -1.93. The molecule has 0 N–H and O–H groups in total. The van der Waals surface area contributed by atoms with Gasteiger partial charge in [-0.1, -0.05) is 47.0 Å². The summed E-state index contributed by atoms with van der Waals surface area (Å²) in [6, 6.07) is 8.10. The van der Waals surface area contributed by atoms with Crippen molar-refractivity contribution in [2.24, 2.45) is 7.05 Å². The maximum absolute atomic E-state index is 5.16. The minimum Gasteiger partial charge on any atom is -0.497 e. The Hall–Kier alpha value is -1.51. The van der Waals surface area contributed by atoms with E-state index in [0.29, 0.717) is 0 Å². The molecule has 3 rings (SSSR count). The second-order valence-electron chi connectivity index (χ2n) is 4.71. The largest absolute Gasteiger partial charge is 0.497 e. The third kappa shape index (κ3) is 4.49. The molecule has 0 bridgehead atoms. The van der Waals surface area contributed by atoms with Crippen LogP contribution in [0.4, 0.5) is 0 Å². The van der Waals surface area contributed by atoms with Gasteiger partial charge in [-0.2, -0.15) is 0 Å². The normalized spacial score (nSPS) is 10.9. The molecular formula is C15H16N4OS3. The van der Waals surface area contributed by atoms with Crippen LogP contribution >= 0.6 is 34.9 Å². The van der Waals surface area contributed by atoms with E-state index in [9.17, 15) is 0 Å². The van der Waals surface area contributed by atoms with E-state index in [-0.39, 0.29) is 0 Å². The topological polar surface area (TPSA) is 52.8 Å². The first-order valence-electron chi connectivity index (χ1n) is 6.93. The van der Waals surface area contributed by atoms with Crippen molar-refractivity contribution in [3.63, 3.8) is 0 Å². The summed E-state index contributed by atoms with van der Waals surface area (Å²) in [6.07, 6.45) is 3.76. The first kappa shape index (κ1) is 16.4. The zero-order chi connectivity index (χ0) is 16.1. The zero-order valence-electron chi connectivity index (χ0n) is 12.8. The molecule has 0 amide bonds. The van der Waals surface area contributed by atoms with Gasteiger partial charge in [-0.25, -0.2) is 4.98 Å². The molecule has 0 radical (unpaired) electrons. The Bertz CT molecular complexity index is 754. The van der Waals surface area contributed by atoms with Gasteiger partial charge in [0.2, 0.25) is 0 Å². The van der Waals surface area contributed by atoms with Gasteiger partial charge in [-0.3, -0.25) is 0 Å². The molecule has 0 unspecified atom stereocenters. The third-order valence-electron chi connectivity index (χ3n) is 3.15. The third-order valence-corrected chi connectivity index (χ3v) is 6.41. The van der Waals surface area contributed by atoms with Gasteiger partial charge in [0.15, 0.2) is 8.68 Å². The number of aryl methyl sites for hydroxylation is 1. The Morgan fingerprint density at radius 3 is 2.39 bits per heavy atom. The van der Waals surface area contributed by atoms with Crippen LogP contribution < -0.4 is 4.74 Å². The number of thioether (sulfide) groups is 2.